The van der Waals surface area contributed by atoms with E-state index in [0.717, 1.165) is 5.56 Å². The van der Waals surface area contributed by atoms with Crippen molar-refractivity contribution >= 4 is 15.9 Å². The van der Waals surface area contributed by atoms with Crippen molar-refractivity contribution in [1.29, 1.82) is 0 Å². The first-order valence-corrected chi connectivity index (χ1v) is 10.2. The summed E-state index contributed by atoms with van der Waals surface area (Å²) < 4.78 is 36.6. The highest BCUT2D eigenvalue weighted by Crippen LogP contribution is 2.22. The van der Waals surface area contributed by atoms with Gasteiger partial charge in [-0.2, -0.15) is 0 Å². The van der Waals surface area contributed by atoms with Crippen LogP contribution >= 0.6 is 0 Å². The van der Waals surface area contributed by atoms with Gasteiger partial charge < -0.3 is 14.8 Å². The fourth-order valence-electron chi connectivity index (χ4n) is 2.63. The fourth-order valence-corrected chi connectivity index (χ4v) is 3.80. The van der Waals surface area contributed by atoms with E-state index in [2.05, 4.69) is 5.32 Å². The maximum absolute atomic E-state index is 12.7. The second-order valence-corrected chi connectivity index (χ2v) is 9.59. The number of nitrogens with zero attached hydrogens (tertiary/aromatic N) is 1. The Morgan fingerprint density at radius 3 is 2.46 bits per heavy atom. The van der Waals surface area contributed by atoms with Gasteiger partial charge in [0, 0.05) is 20.0 Å². The lowest BCUT2D eigenvalue weighted by Crippen LogP contribution is -2.52. The number of benzene rings is 1. The zero-order valence-corrected chi connectivity index (χ0v) is 16.8. The van der Waals surface area contributed by atoms with Crippen LogP contribution in [-0.4, -0.2) is 63.3 Å². The van der Waals surface area contributed by atoms with E-state index in [-0.39, 0.29) is 23.6 Å². The zero-order valence-electron chi connectivity index (χ0n) is 16.0. The highest BCUT2D eigenvalue weighted by molar-refractivity contribution is 7.89. The monoisotopic (exact) mass is 384 g/mol. The first-order valence-electron chi connectivity index (χ1n) is 8.56. The molecule has 1 heterocycles. The lowest BCUT2D eigenvalue weighted by molar-refractivity contribution is -0.135. The van der Waals surface area contributed by atoms with Crippen LogP contribution in [0.25, 0.3) is 0 Å². The molecule has 1 aliphatic rings. The summed E-state index contributed by atoms with van der Waals surface area (Å²) in [6.07, 6.45) is 0. The quantitative estimate of drug-likeness (QED) is 0.763. The third kappa shape index (κ3) is 5.18. The van der Waals surface area contributed by atoms with Crippen molar-refractivity contribution in [2.75, 3.05) is 33.1 Å². The average molecular weight is 384 g/mol. The summed E-state index contributed by atoms with van der Waals surface area (Å²) in [5.41, 5.74) is 0.00989. The number of carbonyl (C=O) groups excluding carboxylic acids is 1. The first kappa shape index (κ1) is 20.7. The molecule has 2 rings (SSSR count). The molecular formula is C18H28N2O5S. The number of sulfonamides is 1. The van der Waals surface area contributed by atoms with Crippen LogP contribution in [-0.2, 0) is 19.6 Å². The first-order chi connectivity index (χ1) is 12.0. The van der Waals surface area contributed by atoms with Gasteiger partial charge in [0.1, 0.15) is 5.75 Å². The van der Waals surface area contributed by atoms with E-state index in [0.29, 0.717) is 19.0 Å². The van der Waals surface area contributed by atoms with Crippen LogP contribution in [0, 0.1) is 12.8 Å². The summed E-state index contributed by atoms with van der Waals surface area (Å²) in [7, 11) is -0.373. The van der Waals surface area contributed by atoms with E-state index in [4.69, 9.17) is 9.47 Å². The van der Waals surface area contributed by atoms with Crippen molar-refractivity contribution in [1.82, 2.24) is 9.62 Å². The van der Waals surface area contributed by atoms with Gasteiger partial charge in [-0.15, -0.1) is 0 Å². The number of hydrogen-bond acceptors (Lipinski definition) is 5. The number of nitrogens with one attached hydrogen (secondary N) is 1. The van der Waals surface area contributed by atoms with Crippen LogP contribution in [0.2, 0.25) is 0 Å². The third-order valence-electron chi connectivity index (χ3n) is 4.44. The molecule has 1 amide bonds. The maximum atomic E-state index is 12.7. The molecule has 0 radical (unpaired) electrons. The molecule has 26 heavy (non-hydrogen) atoms. The minimum atomic E-state index is -3.37. The molecule has 2 atom stereocenters. The van der Waals surface area contributed by atoms with Crippen LogP contribution in [0.15, 0.2) is 24.3 Å². The summed E-state index contributed by atoms with van der Waals surface area (Å²) in [5.74, 6) is -0.0583. The zero-order chi connectivity index (χ0) is 19.5. The summed E-state index contributed by atoms with van der Waals surface area (Å²) in [6, 6.07) is 7.09. The van der Waals surface area contributed by atoms with Crippen molar-refractivity contribution < 1.29 is 22.7 Å². The molecule has 2 unspecified atom stereocenters. The van der Waals surface area contributed by atoms with Crippen molar-refractivity contribution in [3.63, 3.8) is 0 Å². The molecule has 1 saturated heterocycles. The molecule has 1 N–H and O–H groups in total. The second-order valence-electron chi connectivity index (χ2n) is 7.36. The van der Waals surface area contributed by atoms with Gasteiger partial charge >= 0.3 is 0 Å². The normalized spacial score (nSPS) is 21.0. The second kappa shape index (κ2) is 7.94. The lowest BCUT2D eigenvalue weighted by Gasteiger charge is -2.28. The molecule has 1 aliphatic heterocycles. The van der Waals surface area contributed by atoms with Crippen molar-refractivity contribution in [3.05, 3.63) is 29.8 Å². The van der Waals surface area contributed by atoms with E-state index >= 15 is 0 Å². The Balaban J connectivity index is 2.01. The number of ether oxygens (including phenoxy) is 2. The number of aryl methyl sites for hydroxylation is 1. The van der Waals surface area contributed by atoms with Gasteiger partial charge in [-0.25, -0.2) is 12.7 Å². The Labute approximate surface area is 155 Å². The van der Waals surface area contributed by atoms with Crippen LogP contribution < -0.4 is 10.1 Å². The summed E-state index contributed by atoms with van der Waals surface area (Å²) in [5, 5.41) is 2.89. The molecule has 0 saturated carbocycles. The standard InChI is InChI=1S/C18H28N2O5S/c1-13-6-8-15(9-7-13)25-18(2,3)17(21)19-16-11-24-10-14(16)12-26(22,23)20(4)5/h6-9,14,16H,10-12H2,1-5H3,(H,19,21). The third-order valence-corrected chi connectivity index (χ3v) is 6.40. The Kier molecular flexibility index (Phi) is 6.31. The van der Waals surface area contributed by atoms with Gasteiger partial charge in [0.05, 0.1) is 25.0 Å². The minimum absolute atomic E-state index is 0.0653. The van der Waals surface area contributed by atoms with Gasteiger partial charge in [-0.05, 0) is 32.9 Å². The number of hydrogen-bond donors (Lipinski definition) is 1. The van der Waals surface area contributed by atoms with Gasteiger partial charge in [0.2, 0.25) is 10.0 Å². The Hall–Kier alpha value is -1.64. The lowest BCUT2D eigenvalue weighted by atomic mass is 10.0. The molecule has 1 aromatic carbocycles. The van der Waals surface area contributed by atoms with E-state index in [1.165, 1.54) is 18.4 Å². The van der Waals surface area contributed by atoms with Crippen molar-refractivity contribution in [3.8, 4) is 5.75 Å². The summed E-state index contributed by atoms with van der Waals surface area (Å²) in [6.45, 7) is 5.94. The number of rotatable bonds is 7. The van der Waals surface area contributed by atoms with Gasteiger partial charge in [-0.3, -0.25) is 4.79 Å². The molecule has 1 fully saturated rings. The van der Waals surface area contributed by atoms with Crippen LogP contribution in [0.4, 0.5) is 0 Å². The van der Waals surface area contributed by atoms with Gasteiger partial charge in [0.15, 0.2) is 5.60 Å². The Morgan fingerprint density at radius 2 is 1.88 bits per heavy atom. The molecule has 0 aliphatic carbocycles. The molecule has 0 spiro atoms. The number of amides is 1. The highest BCUT2D eigenvalue weighted by Gasteiger charge is 2.38. The summed E-state index contributed by atoms with van der Waals surface area (Å²) in [4.78, 5) is 12.7. The average Bonchev–Trinajstić information content (AvgIpc) is 2.95. The molecule has 8 heteroatoms. The topological polar surface area (TPSA) is 84.9 Å². The Morgan fingerprint density at radius 1 is 1.27 bits per heavy atom. The minimum Gasteiger partial charge on any atom is -0.478 e. The van der Waals surface area contributed by atoms with E-state index in [1.54, 1.807) is 13.8 Å². The molecule has 146 valence electrons. The summed E-state index contributed by atoms with van der Waals surface area (Å²) >= 11 is 0. The predicted molar refractivity (Wildman–Crippen MR) is 99.6 cm³/mol. The molecule has 1 aromatic rings. The van der Waals surface area contributed by atoms with Crippen LogP contribution in [0.3, 0.4) is 0 Å². The SMILES string of the molecule is Cc1ccc(OC(C)(C)C(=O)NC2COCC2CS(=O)(=O)N(C)C)cc1. The van der Waals surface area contributed by atoms with Crippen LogP contribution in [0.1, 0.15) is 19.4 Å². The van der Waals surface area contributed by atoms with Crippen molar-refractivity contribution in [2.24, 2.45) is 5.92 Å². The highest BCUT2D eigenvalue weighted by atomic mass is 32.2. The molecule has 0 aromatic heterocycles. The van der Waals surface area contributed by atoms with E-state index in [9.17, 15) is 13.2 Å². The molecular weight excluding hydrogens is 356 g/mol. The molecule has 7 nitrogen and oxygen atoms in total. The van der Waals surface area contributed by atoms with E-state index < -0.39 is 15.6 Å². The largest absolute Gasteiger partial charge is 0.478 e. The molecule has 0 bridgehead atoms. The Bertz CT molecular complexity index is 728. The van der Waals surface area contributed by atoms with Gasteiger partial charge in [-0.1, -0.05) is 17.7 Å². The van der Waals surface area contributed by atoms with Gasteiger partial charge in [0.25, 0.3) is 5.91 Å². The number of carbonyl (C=O) groups is 1. The van der Waals surface area contributed by atoms with Crippen molar-refractivity contribution in [2.45, 2.75) is 32.4 Å². The van der Waals surface area contributed by atoms with E-state index in [1.807, 2.05) is 31.2 Å². The fraction of sp³-hybridized carbons (Fsp3) is 0.611. The smallest absolute Gasteiger partial charge is 0.263 e. The predicted octanol–water partition coefficient (Wildman–Crippen LogP) is 1.18. The van der Waals surface area contributed by atoms with Crippen LogP contribution in [0.5, 0.6) is 5.75 Å². The maximum Gasteiger partial charge on any atom is 0.263 e.